The molecule has 112 valence electrons. The number of nitrogens with zero attached hydrogens (tertiary/aromatic N) is 2. The third-order valence-corrected chi connectivity index (χ3v) is 4.26. The van der Waals surface area contributed by atoms with Crippen LogP contribution in [0.3, 0.4) is 0 Å². The normalized spacial score (nSPS) is 11.0. The molecule has 1 heterocycles. The van der Waals surface area contributed by atoms with Crippen LogP contribution in [0.5, 0.6) is 0 Å². The summed E-state index contributed by atoms with van der Waals surface area (Å²) in [5.41, 5.74) is 6.15. The number of rotatable bonds is 6. The summed E-state index contributed by atoms with van der Waals surface area (Å²) in [6, 6.07) is 7.87. The van der Waals surface area contributed by atoms with Crippen LogP contribution < -0.4 is 5.73 Å². The van der Waals surface area contributed by atoms with Crippen molar-refractivity contribution in [2.75, 3.05) is 6.54 Å². The van der Waals surface area contributed by atoms with Gasteiger partial charge in [0.05, 0.1) is 21.8 Å². The van der Waals surface area contributed by atoms with Crippen LogP contribution in [0.1, 0.15) is 25.3 Å². The summed E-state index contributed by atoms with van der Waals surface area (Å²) >= 11 is 1.60. The zero-order chi connectivity index (χ0) is 15.4. The molecule has 5 nitrogen and oxygen atoms in total. The number of primary amides is 1. The molecule has 0 unspecified atom stereocenters. The number of para-hydroxylation sites is 1. The number of hydrogen-bond acceptors (Lipinski definition) is 4. The molecule has 1 aromatic carbocycles. The van der Waals surface area contributed by atoms with E-state index < -0.39 is 5.91 Å². The smallest absolute Gasteiger partial charge is 0.237 e. The fourth-order valence-electron chi connectivity index (χ4n) is 2.11. The molecule has 0 aliphatic heterocycles. The van der Waals surface area contributed by atoms with E-state index in [1.807, 2.05) is 38.1 Å². The number of carbonyl (C=O) groups is 2. The van der Waals surface area contributed by atoms with Gasteiger partial charge >= 0.3 is 0 Å². The minimum atomic E-state index is -0.489. The van der Waals surface area contributed by atoms with E-state index in [-0.39, 0.29) is 18.5 Å². The van der Waals surface area contributed by atoms with E-state index in [0.717, 1.165) is 15.2 Å². The van der Waals surface area contributed by atoms with Gasteiger partial charge in [-0.3, -0.25) is 9.59 Å². The molecule has 0 fully saturated rings. The van der Waals surface area contributed by atoms with Crippen LogP contribution in [-0.2, 0) is 16.0 Å². The van der Waals surface area contributed by atoms with Crippen molar-refractivity contribution in [1.29, 1.82) is 0 Å². The van der Waals surface area contributed by atoms with E-state index in [2.05, 4.69) is 4.98 Å². The second-order valence-corrected chi connectivity index (χ2v) is 6.27. The van der Waals surface area contributed by atoms with Gasteiger partial charge in [-0.05, 0) is 26.0 Å². The van der Waals surface area contributed by atoms with E-state index >= 15 is 0 Å². The molecular weight excluding hydrogens is 286 g/mol. The lowest BCUT2D eigenvalue weighted by atomic mass is 10.2. The van der Waals surface area contributed by atoms with Gasteiger partial charge in [0.15, 0.2) is 0 Å². The van der Waals surface area contributed by atoms with Crippen LogP contribution in [-0.4, -0.2) is 34.3 Å². The third kappa shape index (κ3) is 4.01. The maximum absolute atomic E-state index is 12.2. The Kier molecular flexibility index (Phi) is 4.90. The number of hydrogen-bond donors (Lipinski definition) is 1. The minimum absolute atomic E-state index is 0.0314. The molecule has 0 atom stereocenters. The second kappa shape index (κ2) is 6.67. The van der Waals surface area contributed by atoms with Crippen LogP contribution in [0, 0.1) is 0 Å². The summed E-state index contributed by atoms with van der Waals surface area (Å²) in [6.07, 6.45) is 0.922. The lowest BCUT2D eigenvalue weighted by Gasteiger charge is -2.25. The molecule has 2 N–H and O–H groups in total. The Bertz CT molecular complexity index is 618. The van der Waals surface area contributed by atoms with E-state index in [4.69, 9.17) is 5.73 Å². The van der Waals surface area contributed by atoms with Gasteiger partial charge in [-0.1, -0.05) is 12.1 Å². The third-order valence-electron chi connectivity index (χ3n) is 3.16. The van der Waals surface area contributed by atoms with Gasteiger partial charge in [0.1, 0.15) is 0 Å². The number of thiazole rings is 1. The highest BCUT2D eigenvalue weighted by Gasteiger charge is 2.19. The number of fused-ring (bicyclic) bond motifs is 1. The Morgan fingerprint density at radius 1 is 1.33 bits per heavy atom. The van der Waals surface area contributed by atoms with Crippen LogP contribution in [0.15, 0.2) is 24.3 Å². The molecule has 21 heavy (non-hydrogen) atoms. The van der Waals surface area contributed by atoms with Crippen molar-refractivity contribution in [2.45, 2.75) is 32.7 Å². The highest BCUT2D eigenvalue weighted by molar-refractivity contribution is 7.18. The number of amides is 2. The highest BCUT2D eigenvalue weighted by Crippen LogP contribution is 2.22. The lowest BCUT2D eigenvalue weighted by Crippen LogP contribution is -2.42. The molecular formula is C15H19N3O2S. The fraction of sp³-hybridized carbons (Fsp3) is 0.400. The van der Waals surface area contributed by atoms with Gasteiger partial charge in [-0.2, -0.15) is 0 Å². The van der Waals surface area contributed by atoms with Crippen molar-refractivity contribution in [3.63, 3.8) is 0 Å². The van der Waals surface area contributed by atoms with Crippen molar-refractivity contribution >= 4 is 33.4 Å². The molecule has 2 aromatic rings. The van der Waals surface area contributed by atoms with E-state index in [1.165, 1.54) is 4.90 Å². The van der Waals surface area contributed by atoms with Gasteiger partial charge in [0, 0.05) is 18.9 Å². The number of nitrogens with two attached hydrogens (primary N) is 1. The van der Waals surface area contributed by atoms with E-state index in [9.17, 15) is 9.59 Å². The summed E-state index contributed by atoms with van der Waals surface area (Å²) in [5.74, 6) is -0.555. The van der Waals surface area contributed by atoms with Crippen LogP contribution in [0.25, 0.3) is 10.2 Å². The fourth-order valence-corrected chi connectivity index (χ4v) is 3.08. The van der Waals surface area contributed by atoms with Gasteiger partial charge in [0.2, 0.25) is 11.8 Å². The van der Waals surface area contributed by atoms with Gasteiger partial charge < -0.3 is 10.6 Å². The minimum Gasteiger partial charge on any atom is -0.368 e. The zero-order valence-corrected chi connectivity index (χ0v) is 13.0. The summed E-state index contributed by atoms with van der Waals surface area (Å²) < 4.78 is 1.12. The van der Waals surface area contributed by atoms with Crippen molar-refractivity contribution in [1.82, 2.24) is 9.88 Å². The molecule has 6 heteroatoms. The Balaban J connectivity index is 2.00. The number of aromatic nitrogens is 1. The lowest BCUT2D eigenvalue weighted by molar-refractivity contribution is -0.136. The molecule has 2 rings (SSSR count). The molecule has 0 radical (unpaired) electrons. The predicted molar refractivity (Wildman–Crippen MR) is 84.0 cm³/mol. The Hall–Kier alpha value is -1.95. The topological polar surface area (TPSA) is 76.3 Å². The monoisotopic (exact) mass is 305 g/mol. The predicted octanol–water partition coefficient (Wildman–Crippen LogP) is 1.95. The largest absolute Gasteiger partial charge is 0.368 e. The van der Waals surface area contributed by atoms with Crippen molar-refractivity contribution < 1.29 is 9.59 Å². The number of benzene rings is 1. The quantitative estimate of drug-likeness (QED) is 0.886. The van der Waals surface area contributed by atoms with Crippen molar-refractivity contribution in [2.24, 2.45) is 5.73 Å². The van der Waals surface area contributed by atoms with Gasteiger partial charge in [0.25, 0.3) is 0 Å². The maximum atomic E-state index is 12.2. The first kappa shape index (κ1) is 15.4. The summed E-state index contributed by atoms with van der Waals surface area (Å²) in [7, 11) is 0. The van der Waals surface area contributed by atoms with Crippen LogP contribution >= 0.6 is 11.3 Å². The first-order valence-electron chi connectivity index (χ1n) is 6.89. The highest BCUT2D eigenvalue weighted by atomic mass is 32.1. The molecule has 2 amide bonds. The van der Waals surface area contributed by atoms with E-state index in [0.29, 0.717) is 12.8 Å². The average molecular weight is 305 g/mol. The zero-order valence-electron chi connectivity index (χ0n) is 12.2. The van der Waals surface area contributed by atoms with Gasteiger partial charge in [-0.25, -0.2) is 4.98 Å². The SMILES string of the molecule is CC(C)N(CC(N)=O)C(=O)CCc1nc2ccccc2s1. The van der Waals surface area contributed by atoms with Crippen LogP contribution in [0.4, 0.5) is 0 Å². The maximum Gasteiger partial charge on any atom is 0.237 e. The molecule has 0 aliphatic rings. The number of aryl methyl sites for hydroxylation is 1. The first-order valence-corrected chi connectivity index (χ1v) is 7.71. The average Bonchev–Trinajstić information content (AvgIpc) is 2.84. The Labute approximate surface area is 127 Å². The molecule has 0 aliphatic carbocycles. The molecule has 0 bridgehead atoms. The first-order chi connectivity index (χ1) is 9.97. The summed E-state index contributed by atoms with van der Waals surface area (Å²) in [5, 5.41) is 0.937. The summed E-state index contributed by atoms with van der Waals surface area (Å²) in [6.45, 7) is 3.72. The van der Waals surface area contributed by atoms with E-state index in [1.54, 1.807) is 11.3 Å². The van der Waals surface area contributed by atoms with Crippen molar-refractivity contribution in [3.8, 4) is 0 Å². The molecule has 0 saturated heterocycles. The number of carbonyl (C=O) groups excluding carboxylic acids is 2. The molecule has 0 saturated carbocycles. The van der Waals surface area contributed by atoms with Crippen LogP contribution in [0.2, 0.25) is 0 Å². The standard InChI is InChI=1S/C15H19N3O2S/c1-10(2)18(9-13(16)19)15(20)8-7-14-17-11-5-3-4-6-12(11)21-14/h3-6,10H,7-9H2,1-2H3,(H2,16,19). The Morgan fingerprint density at radius 3 is 2.67 bits per heavy atom. The molecule has 1 aromatic heterocycles. The van der Waals surface area contributed by atoms with Gasteiger partial charge in [-0.15, -0.1) is 11.3 Å². The Morgan fingerprint density at radius 2 is 2.05 bits per heavy atom. The summed E-state index contributed by atoms with van der Waals surface area (Å²) in [4.78, 5) is 29.2. The van der Waals surface area contributed by atoms with Crippen molar-refractivity contribution in [3.05, 3.63) is 29.3 Å². The molecule has 0 spiro atoms. The second-order valence-electron chi connectivity index (χ2n) is 5.16.